The Morgan fingerprint density at radius 3 is 1.42 bits per heavy atom. The minimum absolute atomic E-state index is 0.466. The van der Waals surface area contributed by atoms with Crippen LogP contribution in [0.2, 0.25) is 0 Å². The summed E-state index contributed by atoms with van der Waals surface area (Å²) >= 11 is 0. The van der Waals surface area contributed by atoms with Crippen LogP contribution in [0.25, 0.3) is 55.6 Å². The molecular formula is C63H41N. The van der Waals surface area contributed by atoms with Crippen molar-refractivity contribution in [3.05, 3.63) is 258 Å². The lowest BCUT2D eigenvalue weighted by Crippen LogP contribution is -2.29. The second kappa shape index (κ2) is 15.5. The zero-order valence-electron chi connectivity index (χ0n) is 35.2. The summed E-state index contributed by atoms with van der Waals surface area (Å²) in [6, 6.07) is 73.0. The van der Waals surface area contributed by atoms with Gasteiger partial charge in [0.1, 0.15) is 0 Å². The number of rotatable bonds is 7. The van der Waals surface area contributed by atoms with Crippen molar-refractivity contribution in [2.45, 2.75) is 18.3 Å². The van der Waals surface area contributed by atoms with Gasteiger partial charge in [0.15, 0.2) is 0 Å². The molecule has 12 rings (SSSR count). The Balaban J connectivity index is 0.974. The van der Waals surface area contributed by atoms with Gasteiger partial charge >= 0.3 is 0 Å². The van der Waals surface area contributed by atoms with Crippen molar-refractivity contribution in [2.75, 3.05) is 4.90 Å². The molecule has 0 bridgehead atoms. The largest absolute Gasteiger partial charge is 0.310 e. The molecule has 4 aliphatic rings. The minimum Gasteiger partial charge on any atom is -0.310 e. The highest BCUT2D eigenvalue weighted by Gasteiger charge is 2.54. The topological polar surface area (TPSA) is 3.24 Å². The van der Waals surface area contributed by atoms with Crippen molar-refractivity contribution in [2.24, 2.45) is 0 Å². The maximum Gasteiger partial charge on any atom is 0.0676 e. The Labute approximate surface area is 375 Å². The van der Waals surface area contributed by atoms with E-state index in [0.29, 0.717) is 12.8 Å². The Hall–Kier alpha value is -8.36. The van der Waals surface area contributed by atoms with Gasteiger partial charge in [-0.3, -0.25) is 0 Å². The molecule has 0 aliphatic heterocycles. The van der Waals surface area contributed by atoms with Crippen LogP contribution in [-0.2, 0) is 5.41 Å². The van der Waals surface area contributed by atoms with Crippen LogP contribution in [0.5, 0.6) is 0 Å². The fraction of sp³-hybridized carbons (Fsp3) is 0.0476. The fourth-order valence-electron chi connectivity index (χ4n) is 10.6. The summed E-state index contributed by atoms with van der Waals surface area (Å²) in [6.07, 6.45) is 9.93. The lowest BCUT2D eigenvalue weighted by Gasteiger charge is -2.35. The van der Waals surface area contributed by atoms with Gasteiger partial charge in [0, 0.05) is 29.9 Å². The molecule has 0 heterocycles. The van der Waals surface area contributed by atoms with Crippen LogP contribution in [0.1, 0.15) is 24.0 Å². The van der Waals surface area contributed by atoms with E-state index in [9.17, 15) is 0 Å². The normalized spacial score (nSPS) is 14.6. The number of allylic oxidation sites excluding steroid dienone is 8. The smallest absolute Gasteiger partial charge is 0.0676 e. The van der Waals surface area contributed by atoms with Gasteiger partial charge in [-0.05, 0) is 150 Å². The first kappa shape index (κ1) is 37.4. The van der Waals surface area contributed by atoms with Gasteiger partial charge in [-0.25, -0.2) is 0 Å². The van der Waals surface area contributed by atoms with Crippen LogP contribution in [0.15, 0.2) is 247 Å². The van der Waals surface area contributed by atoms with Gasteiger partial charge in [0.2, 0.25) is 0 Å². The second-order valence-electron chi connectivity index (χ2n) is 16.8. The fourth-order valence-corrected chi connectivity index (χ4v) is 10.6. The number of benzene rings is 8. The van der Waals surface area contributed by atoms with Crippen LogP contribution in [0.4, 0.5) is 17.1 Å². The molecule has 0 fully saturated rings. The van der Waals surface area contributed by atoms with Crippen LogP contribution < -0.4 is 4.90 Å². The van der Waals surface area contributed by atoms with Crippen molar-refractivity contribution < 1.29 is 0 Å². The van der Waals surface area contributed by atoms with E-state index >= 15 is 0 Å². The molecule has 8 aromatic rings. The Morgan fingerprint density at radius 1 is 0.359 bits per heavy atom. The predicted octanol–water partition coefficient (Wildman–Crippen LogP) is 15.6. The van der Waals surface area contributed by atoms with E-state index in [4.69, 9.17) is 0 Å². The molecule has 1 nitrogen and oxygen atoms in total. The zero-order chi connectivity index (χ0) is 42.5. The molecule has 0 saturated carbocycles. The number of hydrogen-bond acceptors (Lipinski definition) is 1. The van der Waals surface area contributed by atoms with Crippen LogP contribution >= 0.6 is 0 Å². The Bertz CT molecular complexity index is 3340. The first-order valence-electron chi connectivity index (χ1n) is 22.1. The Morgan fingerprint density at radius 2 is 0.812 bits per heavy atom. The summed E-state index contributed by atoms with van der Waals surface area (Å²) in [4.78, 5) is 2.38. The highest BCUT2D eigenvalue weighted by molar-refractivity contribution is 5.95. The summed E-state index contributed by atoms with van der Waals surface area (Å²) in [7, 11) is 0. The van der Waals surface area contributed by atoms with E-state index in [-0.39, 0.29) is 0 Å². The predicted molar refractivity (Wildman–Crippen MR) is 266 cm³/mol. The van der Waals surface area contributed by atoms with Crippen molar-refractivity contribution in [3.8, 4) is 79.3 Å². The van der Waals surface area contributed by atoms with Crippen molar-refractivity contribution in [1.29, 1.82) is 0 Å². The lowest BCUT2D eigenvalue weighted by molar-refractivity contribution is 0.713. The summed E-state index contributed by atoms with van der Waals surface area (Å²) < 4.78 is 0. The third-order valence-electron chi connectivity index (χ3n) is 13.4. The average molecular weight is 812 g/mol. The third-order valence-corrected chi connectivity index (χ3v) is 13.4. The van der Waals surface area contributed by atoms with Gasteiger partial charge in [-0.15, -0.1) is 0 Å². The first-order chi connectivity index (χ1) is 31.8. The average Bonchev–Trinajstić information content (AvgIpc) is 3.52. The Kier molecular flexibility index (Phi) is 9.07. The molecule has 0 saturated heterocycles. The maximum atomic E-state index is 3.52. The number of nitrogens with zero attached hydrogens (tertiary/aromatic N) is 1. The number of fused-ring (bicyclic) bond motifs is 8. The standard InChI is InChI=1S/C63H41N/c1-5-17-44(18-6-1)46-31-33-47(34-32-46)48-35-39-51(40-36-48)64(53-22-15-21-50(43-53)45-19-7-2-8-20-45)52-41-37-49(38-42-52)54-26-16-27-58-57-25-13-14-30-61(57)63(62(54)58)59-28-11-3-9-23-55(59)56-24-10-4-12-29-60(56)63/h1-2,5-10,13-27,30-43H,28-29H2. The van der Waals surface area contributed by atoms with Gasteiger partial charge in [-0.1, -0.05) is 187 Å². The van der Waals surface area contributed by atoms with E-state index in [2.05, 4.69) is 241 Å². The number of hydrogen-bond donors (Lipinski definition) is 0. The molecule has 0 atom stereocenters. The number of anilines is 3. The minimum atomic E-state index is -0.466. The molecule has 64 heavy (non-hydrogen) atoms. The van der Waals surface area contributed by atoms with E-state index < -0.39 is 5.41 Å². The third kappa shape index (κ3) is 6.06. The van der Waals surface area contributed by atoms with E-state index in [1.807, 2.05) is 12.2 Å². The van der Waals surface area contributed by atoms with Crippen molar-refractivity contribution >= 4 is 17.1 Å². The maximum absolute atomic E-state index is 3.52. The quantitative estimate of drug-likeness (QED) is 0.145. The molecule has 0 N–H and O–H groups in total. The molecule has 8 aromatic carbocycles. The molecule has 4 aliphatic carbocycles. The molecule has 298 valence electrons. The monoisotopic (exact) mass is 811 g/mol. The van der Waals surface area contributed by atoms with Crippen LogP contribution in [0.3, 0.4) is 0 Å². The van der Waals surface area contributed by atoms with Gasteiger partial charge in [-0.2, -0.15) is 0 Å². The molecule has 0 unspecified atom stereocenters. The van der Waals surface area contributed by atoms with Gasteiger partial charge in [0.25, 0.3) is 0 Å². The summed E-state index contributed by atoms with van der Waals surface area (Å²) in [5.74, 6) is 13.6. The van der Waals surface area contributed by atoms with E-state index in [0.717, 1.165) is 17.1 Å². The molecule has 1 spiro atoms. The molecule has 0 aromatic heterocycles. The SMILES string of the molecule is C1#CCC2=C(C=C1)C1=C(CC#CC=C1)C21c2ccccc2-c2cccc(-c3ccc(N(c4ccc(-c5ccc(-c6ccccc6)cc5)cc4)c4cccc(-c5ccccc5)c4)cc3)c21. The zero-order valence-corrected chi connectivity index (χ0v) is 35.2. The van der Waals surface area contributed by atoms with Crippen LogP contribution in [0, 0.1) is 23.7 Å². The van der Waals surface area contributed by atoms with E-state index in [1.54, 1.807) is 0 Å². The molecular weight excluding hydrogens is 771 g/mol. The van der Waals surface area contributed by atoms with Gasteiger partial charge in [0.05, 0.1) is 5.41 Å². The molecule has 0 radical (unpaired) electrons. The van der Waals surface area contributed by atoms with Crippen molar-refractivity contribution in [1.82, 2.24) is 0 Å². The lowest BCUT2D eigenvalue weighted by atomic mass is 9.65. The highest BCUT2D eigenvalue weighted by atomic mass is 15.1. The van der Waals surface area contributed by atoms with Crippen molar-refractivity contribution in [3.63, 3.8) is 0 Å². The second-order valence-corrected chi connectivity index (χ2v) is 16.8. The summed E-state index contributed by atoms with van der Waals surface area (Å²) in [5, 5.41) is 0. The highest BCUT2D eigenvalue weighted by Crippen LogP contribution is 2.65. The summed E-state index contributed by atoms with van der Waals surface area (Å²) in [6.45, 7) is 0. The molecule has 1 heteroatoms. The molecule has 0 amide bonds. The summed E-state index contributed by atoms with van der Waals surface area (Å²) in [5.41, 5.74) is 22.9. The van der Waals surface area contributed by atoms with E-state index in [1.165, 1.54) is 89.1 Å². The first-order valence-corrected chi connectivity index (χ1v) is 22.1. The van der Waals surface area contributed by atoms with Gasteiger partial charge < -0.3 is 4.90 Å². The van der Waals surface area contributed by atoms with Crippen LogP contribution in [-0.4, -0.2) is 0 Å².